The number of aliphatic hydroxyl groups excluding tert-OH is 1. The van der Waals surface area contributed by atoms with Crippen LogP contribution in [0.1, 0.15) is 22.0 Å². The predicted molar refractivity (Wildman–Crippen MR) is 136 cm³/mol. The number of nitrogens with one attached hydrogen (secondary N) is 1. The number of hydrogen-bond acceptors (Lipinski definition) is 7. The molecule has 2 N–H and O–H groups in total. The molecule has 1 amide bonds. The molecule has 1 aliphatic heterocycles. The van der Waals surface area contributed by atoms with Crippen molar-refractivity contribution in [3.63, 3.8) is 0 Å². The lowest BCUT2D eigenvalue weighted by molar-refractivity contribution is -0.140. The Morgan fingerprint density at radius 1 is 1.06 bits per heavy atom. The van der Waals surface area contributed by atoms with E-state index < -0.39 is 12.1 Å². The van der Waals surface area contributed by atoms with Crippen LogP contribution in [-0.4, -0.2) is 70.1 Å². The monoisotopic (exact) mass is 505 g/mol. The van der Waals surface area contributed by atoms with Gasteiger partial charge in [-0.3, -0.25) is 4.79 Å². The molecule has 36 heavy (non-hydrogen) atoms. The number of aromatic amines is 1. The van der Waals surface area contributed by atoms with E-state index >= 15 is 0 Å². The van der Waals surface area contributed by atoms with Gasteiger partial charge in [0.1, 0.15) is 11.6 Å². The van der Waals surface area contributed by atoms with Crippen LogP contribution in [0.3, 0.4) is 0 Å². The molecule has 3 heterocycles. The van der Waals surface area contributed by atoms with Crippen molar-refractivity contribution in [1.29, 1.82) is 0 Å². The molecular formula is C26H24ClN5O4. The van der Waals surface area contributed by atoms with E-state index in [1.54, 1.807) is 23.2 Å². The number of rotatable bonds is 5. The summed E-state index contributed by atoms with van der Waals surface area (Å²) in [5.74, 6) is 0.690. The highest BCUT2D eigenvalue weighted by Gasteiger charge is 2.27. The van der Waals surface area contributed by atoms with Gasteiger partial charge in [0.25, 0.3) is 5.91 Å². The minimum atomic E-state index is -1.29. The van der Waals surface area contributed by atoms with E-state index in [4.69, 9.17) is 11.6 Å². The van der Waals surface area contributed by atoms with Crippen molar-refractivity contribution in [2.45, 2.75) is 6.10 Å². The van der Waals surface area contributed by atoms with Crippen LogP contribution in [0.5, 0.6) is 0 Å². The van der Waals surface area contributed by atoms with Crippen molar-refractivity contribution < 1.29 is 19.4 Å². The maximum Gasteiger partial charge on any atom is 0.337 e. The molecule has 184 valence electrons. The number of amides is 1. The Hall–Kier alpha value is -3.95. The number of pyridine rings is 1. The van der Waals surface area contributed by atoms with Crippen molar-refractivity contribution in [3.05, 3.63) is 76.9 Å². The summed E-state index contributed by atoms with van der Waals surface area (Å²) in [6, 6.07) is 15.6. The first kappa shape index (κ1) is 23.8. The topological polar surface area (TPSA) is 112 Å². The average molecular weight is 506 g/mol. The SMILES string of the molecule is COC(=O)c1ccc(C(O)C(=O)N2CCN(c3ccc(-c4nc5cc(Cl)ccc5[nH]4)cn3)CC2)cc1. The number of carbonyl (C=O) groups is 2. The fourth-order valence-electron chi connectivity index (χ4n) is 4.22. The van der Waals surface area contributed by atoms with Gasteiger partial charge in [0.05, 0.1) is 23.7 Å². The number of H-pyrrole nitrogens is 1. The summed E-state index contributed by atoms with van der Waals surface area (Å²) in [4.78, 5) is 40.6. The molecule has 0 saturated carbocycles. The quantitative estimate of drug-likeness (QED) is 0.399. The van der Waals surface area contributed by atoms with Gasteiger partial charge >= 0.3 is 5.97 Å². The number of fused-ring (bicyclic) bond motifs is 1. The van der Waals surface area contributed by atoms with E-state index in [9.17, 15) is 14.7 Å². The van der Waals surface area contributed by atoms with E-state index in [-0.39, 0.29) is 5.91 Å². The van der Waals surface area contributed by atoms with Crippen LogP contribution in [0.2, 0.25) is 5.02 Å². The molecule has 1 aliphatic rings. The van der Waals surface area contributed by atoms with Gasteiger partial charge in [0, 0.05) is 43.0 Å². The summed E-state index contributed by atoms with van der Waals surface area (Å²) in [6.45, 7) is 2.11. The van der Waals surface area contributed by atoms with Gasteiger partial charge in [0.15, 0.2) is 6.10 Å². The maximum atomic E-state index is 12.8. The Balaban J connectivity index is 1.20. The lowest BCUT2D eigenvalue weighted by Crippen LogP contribution is -2.50. The van der Waals surface area contributed by atoms with E-state index in [1.165, 1.54) is 19.2 Å². The molecule has 0 spiro atoms. The second kappa shape index (κ2) is 9.96. The molecule has 1 fully saturated rings. The van der Waals surface area contributed by atoms with Gasteiger partial charge in [0.2, 0.25) is 0 Å². The van der Waals surface area contributed by atoms with Crippen LogP contribution in [0.25, 0.3) is 22.4 Å². The normalized spacial score (nSPS) is 14.6. The molecule has 0 bridgehead atoms. The molecule has 5 rings (SSSR count). The van der Waals surface area contributed by atoms with Crippen LogP contribution in [0.4, 0.5) is 5.82 Å². The van der Waals surface area contributed by atoms with E-state index in [1.807, 2.05) is 30.3 Å². The third-order valence-electron chi connectivity index (χ3n) is 6.26. The number of piperazine rings is 1. The molecule has 1 unspecified atom stereocenters. The fourth-order valence-corrected chi connectivity index (χ4v) is 4.39. The van der Waals surface area contributed by atoms with Gasteiger partial charge < -0.3 is 24.6 Å². The number of aromatic nitrogens is 3. The average Bonchev–Trinajstić information content (AvgIpc) is 3.35. The lowest BCUT2D eigenvalue weighted by atomic mass is 10.1. The maximum absolute atomic E-state index is 12.8. The number of esters is 1. The Bertz CT molecular complexity index is 1400. The Kier molecular flexibility index (Phi) is 6.58. The summed E-state index contributed by atoms with van der Waals surface area (Å²) in [6.07, 6.45) is 0.479. The molecule has 2 aromatic carbocycles. The number of nitrogens with zero attached hydrogens (tertiary/aromatic N) is 4. The summed E-state index contributed by atoms with van der Waals surface area (Å²) in [5, 5.41) is 11.2. The van der Waals surface area contributed by atoms with Gasteiger partial charge in [-0.2, -0.15) is 0 Å². The Morgan fingerprint density at radius 2 is 1.81 bits per heavy atom. The van der Waals surface area contributed by atoms with Crippen LogP contribution in [-0.2, 0) is 9.53 Å². The van der Waals surface area contributed by atoms with Crippen LogP contribution < -0.4 is 4.90 Å². The third-order valence-corrected chi connectivity index (χ3v) is 6.50. The Morgan fingerprint density at radius 3 is 2.47 bits per heavy atom. The van der Waals surface area contributed by atoms with E-state index in [0.717, 1.165) is 28.2 Å². The molecule has 10 heteroatoms. The molecule has 1 saturated heterocycles. The first-order valence-electron chi connectivity index (χ1n) is 11.4. The van der Waals surface area contributed by atoms with E-state index in [0.29, 0.717) is 42.3 Å². The highest BCUT2D eigenvalue weighted by molar-refractivity contribution is 6.31. The zero-order chi connectivity index (χ0) is 25.2. The summed E-state index contributed by atoms with van der Waals surface area (Å²) in [5.41, 5.74) is 3.35. The summed E-state index contributed by atoms with van der Waals surface area (Å²) in [7, 11) is 1.30. The largest absolute Gasteiger partial charge is 0.465 e. The molecule has 9 nitrogen and oxygen atoms in total. The van der Waals surface area contributed by atoms with Gasteiger partial charge in [-0.15, -0.1) is 0 Å². The number of methoxy groups -OCH3 is 1. The molecule has 0 aliphatic carbocycles. The number of benzene rings is 2. The minimum absolute atomic E-state index is 0.359. The smallest absolute Gasteiger partial charge is 0.337 e. The summed E-state index contributed by atoms with van der Waals surface area (Å²) >= 11 is 6.05. The molecule has 1 atom stereocenters. The van der Waals surface area contributed by atoms with Crippen LogP contribution in [0, 0.1) is 0 Å². The number of aliphatic hydroxyl groups is 1. The highest BCUT2D eigenvalue weighted by Crippen LogP contribution is 2.25. The van der Waals surface area contributed by atoms with E-state index in [2.05, 4.69) is 24.6 Å². The second-order valence-corrected chi connectivity index (χ2v) is 8.92. The predicted octanol–water partition coefficient (Wildman–Crippen LogP) is 3.45. The lowest BCUT2D eigenvalue weighted by Gasteiger charge is -2.36. The minimum Gasteiger partial charge on any atom is -0.465 e. The fraction of sp³-hybridized carbons (Fsp3) is 0.231. The molecule has 2 aromatic heterocycles. The number of anilines is 1. The zero-order valence-electron chi connectivity index (χ0n) is 19.5. The molecular weight excluding hydrogens is 482 g/mol. The van der Waals surface area contributed by atoms with Crippen LogP contribution in [0.15, 0.2) is 60.8 Å². The zero-order valence-corrected chi connectivity index (χ0v) is 20.3. The number of ether oxygens (including phenoxy) is 1. The van der Waals surface area contributed by atoms with Gasteiger partial charge in [-0.05, 0) is 48.0 Å². The number of hydrogen-bond donors (Lipinski definition) is 2. The van der Waals surface area contributed by atoms with Crippen molar-refractivity contribution in [3.8, 4) is 11.4 Å². The first-order chi connectivity index (χ1) is 17.4. The van der Waals surface area contributed by atoms with Gasteiger partial charge in [-0.25, -0.2) is 14.8 Å². The van der Waals surface area contributed by atoms with Crippen molar-refractivity contribution in [1.82, 2.24) is 19.9 Å². The first-order valence-corrected chi connectivity index (χ1v) is 11.8. The third kappa shape index (κ3) is 4.75. The second-order valence-electron chi connectivity index (χ2n) is 8.48. The number of halogens is 1. The van der Waals surface area contributed by atoms with Gasteiger partial charge in [-0.1, -0.05) is 23.7 Å². The van der Waals surface area contributed by atoms with Crippen molar-refractivity contribution in [2.75, 3.05) is 38.2 Å². The molecule has 0 radical (unpaired) electrons. The number of carbonyl (C=O) groups excluding carboxylic acids is 2. The van der Waals surface area contributed by atoms with Crippen molar-refractivity contribution in [2.24, 2.45) is 0 Å². The summed E-state index contributed by atoms with van der Waals surface area (Å²) < 4.78 is 4.68. The van der Waals surface area contributed by atoms with Crippen LogP contribution >= 0.6 is 11.6 Å². The Labute approximate surface area is 212 Å². The highest BCUT2D eigenvalue weighted by atomic mass is 35.5. The molecule has 4 aromatic rings. The standard InChI is InChI=1S/C26H24ClN5O4/c1-36-26(35)17-4-2-16(3-5-17)23(33)25(34)32-12-10-31(11-13-32)22-9-6-18(15-28-22)24-29-20-8-7-19(27)14-21(20)30-24/h2-9,14-15,23,33H,10-13H2,1H3,(H,29,30). The van der Waals surface area contributed by atoms with Crippen molar-refractivity contribution >= 4 is 40.3 Å². The number of imidazole rings is 1.